The summed E-state index contributed by atoms with van der Waals surface area (Å²) in [6.07, 6.45) is 1.39. The van der Waals surface area contributed by atoms with Gasteiger partial charge in [0.1, 0.15) is 5.57 Å². The maximum atomic E-state index is 13.0. The number of aromatic amines is 2. The lowest BCUT2D eigenvalue weighted by Gasteiger charge is -2.25. The molecular weight excluding hydrogens is 376 g/mol. The van der Waals surface area contributed by atoms with Gasteiger partial charge < -0.3 is 4.90 Å². The summed E-state index contributed by atoms with van der Waals surface area (Å²) in [5.41, 5.74) is 0.331. The van der Waals surface area contributed by atoms with Gasteiger partial charge in [0.05, 0.1) is 21.2 Å². The number of carbonyl (C=O) groups is 2. The Morgan fingerprint density at radius 1 is 1.03 bits per heavy atom. The molecule has 2 N–H and O–H groups in total. The third-order valence-corrected chi connectivity index (χ3v) is 4.71. The number of aromatic nitrogens is 2. The second-order valence-electron chi connectivity index (χ2n) is 6.45. The monoisotopic (exact) mass is 390 g/mol. The van der Waals surface area contributed by atoms with E-state index in [4.69, 9.17) is 0 Å². The van der Waals surface area contributed by atoms with Crippen LogP contribution in [0.15, 0.2) is 53.3 Å². The smallest absolute Gasteiger partial charge is 0.271 e. The number of nitro groups is 1. The van der Waals surface area contributed by atoms with Gasteiger partial charge in [-0.3, -0.25) is 34.7 Å². The molecule has 2 aromatic carbocycles. The molecule has 1 amide bonds. The molecule has 2 heterocycles. The van der Waals surface area contributed by atoms with Crippen molar-refractivity contribution in [1.29, 1.82) is 0 Å². The molecule has 0 radical (unpaired) electrons. The van der Waals surface area contributed by atoms with Crippen LogP contribution in [0.2, 0.25) is 0 Å². The van der Waals surface area contributed by atoms with Gasteiger partial charge in [0.15, 0.2) is 0 Å². The van der Waals surface area contributed by atoms with Crippen LogP contribution < -0.4 is 21.0 Å². The summed E-state index contributed by atoms with van der Waals surface area (Å²) >= 11 is 0. The number of Topliss-reactive ketones (excluding diaryl/α,β-unsaturated/α-hetero) is 1. The molecule has 0 atom stereocenters. The van der Waals surface area contributed by atoms with Gasteiger partial charge in [0.2, 0.25) is 5.78 Å². The Bertz CT molecular complexity index is 1370. The second-order valence-corrected chi connectivity index (χ2v) is 6.45. The number of hydrogen-bond acceptors (Lipinski definition) is 5. The number of para-hydroxylation sites is 1. The van der Waals surface area contributed by atoms with Crippen molar-refractivity contribution >= 4 is 34.7 Å². The fraction of sp³-hybridized carbons (Fsp3) is 0.0500. The summed E-state index contributed by atoms with van der Waals surface area (Å²) in [5.74, 6) is -1.06. The molecule has 1 aliphatic rings. The van der Waals surface area contributed by atoms with E-state index in [1.165, 1.54) is 29.2 Å². The first-order valence-corrected chi connectivity index (χ1v) is 8.57. The summed E-state index contributed by atoms with van der Waals surface area (Å²) in [5, 5.41) is 16.1. The van der Waals surface area contributed by atoms with Gasteiger partial charge in [-0.2, -0.15) is 0 Å². The first-order valence-electron chi connectivity index (χ1n) is 8.57. The Hall–Kier alpha value is -4.27. The highest BCUT2D eigenvalue weighted by Gasteiger charge is 2.33. The van der Waals surface area contributed by atoms with Crippen LogP contribution >= 0.6 is 0 Å². The maximum absolute atomic E-state index is 13.0. The van der Waals surface area contributed by atoms with Gasteiger partial charge in [0.25, 0.3) is 17.2 Å². The summed E-state index contributed by atoms with van der Waals surface area (Å²) in [6, 6.07) is 12.4. The van der Waals surface area contributed by atoms with E-state index in [1.807, 2.05) is 0 Å². The molecule has 3 aromatic rings. The Balaban J connectivity index is 2.01. The number of H-pyrrole nitrogens is 2. The Morgan fingerprint density at radius 2 is 1.79 bits per heavy atom. The number of rotatable bonds is 2. The van der Waals surface area contributed by atoms with Crippen LogP contribution in [-0.2, 0) is 4.79 Å². The highest BCUT2D eigenvalue weighted by atomic mass is 16.6. The number of hydrogen-bond donors (Lipinski definition) is 2. The highest BCUT2D eigenvalue weighted by molar-refractivity contribution is 6.51. The van der Waals surface area contributed by atoms with Gasteiger partial charge in [0, 0.05) is 24.7 Å². The zero-order valence-corrected chi connectivity index (χ0v) is 15.1. The standard InChI is InChI=1S/C20H14N4O5/c1-23-15-8-3-2-7-13(15)18(25)16(20(23)27)17-14(19(26)22-21-17)10-11-5-4-6-12(9-11)24(28)29/h2-10,21H,1H3,(H,22,26). The van der Waals surface area contributed by atoms with Gasteiger partial charge in [-0.1, -0.05) is 24.3 Å². The van der Waals surface area contributed by atoms with Gasteiger partial charge >= 0.3 is 0 Å². The highest BCUT2D eigenvalue weighted by Crippen LogP contribution is 2.28. The minimum atomic E-state index is -0.558. The second kappa shape index (κ2) is 6.71. The van der Waals surface area contributed by atoms with E-state index in [2.05, 4.69) is 10.2 Å². The molecule has 0 unspecified atom stereocenters. The average molecular weight is 390 g/mol. The third kappa shape index (κ3) is 2.94. The largest absolute Gasteiger partial charge is 0.310 e. The number of fused-ring (bicyclic) bond motifs is 1. The zero-order chi connectivity index (χ0) is 20.7. The number of ketones is 1. The molecule has 1 aromatic heterocycles. The lowest BCUT2D eigenvalue weighted by Crippen LogP contribution is -2.44. The van der Waals surface area contributed by atoms with E-state index < -0.39 is 22.2 Å². The van der Waals surface area contributed by atoms with Crippen LogP contribution in [0.4, 0.5) is 11.4 Å². The predicted molar refractivity (Wildman–Crippen MR) is 105 cm³/mol. The molecule has 29 heavy (non-hydrogen) atoms. The first-order chi connectivity index (χ1) is 13.9. The summed E-state index contributed by atoms with van der Waals surface area (Å²) in [6.45, 7) is 0. The van der Waals surface area contributed by atoms with E-state index in [9.17, 15) is 24.5 Å². The summed E-state index contributed by atoms with van der Waals surface area (Å²) in [7, 11) is 1.54. The number of amides is 1. The first kappa shape index (κ1) is 18.1. The van der Waals surface area contributed by atoms with E-state index in [0.29, 0.717) is 16.8 Å². The lowest BCUT2D eigenvalue weighted by atomic mass is 9.95. The number of benzene rings is 2. The van der Waals surface area contributed by atoms with E-state index in [-0.39, 0.29) is 21.8 Å². The number of carbonyl (C=O) groups excluding carboxylic acids is 2. The van der Waals surface area contributed by atoms with Gasteiger partial charge in [-0.05, 0) is 23.8 Å². The molecule has 0 bridgehead atoms. The van der Waals surface area contributed by atoms with Crippen molar-refractivity contribution < 1.29 is 14.5 Å². The molecule has 144 valence electrons. The third-order valence-electron chi connectivity index (χ3n) is 4.71. The molecule has 9 heteroatoms. The van der Waals surface area contributed by atoms with Crippen LogP contribution in [0, 0.1) is 10.1 Å². The van der Waals surface area contributed by atoms with Crippen molar-refractivity contribution in [3.05, 3.63) is 90.7 Å². The predicted octanol–water partition coefficient (Wildman–Crippen LogP) is 0.450. The zero-order valence-electron chi connectivity index (χ0n) is 15.1. The van der Waals surface area contributed by atoms with Crippen molar-refractivity contribution in [2.45, 2.75) is 0 Å². The SMILES string of the molecule is CN1C(=O)C(=c2[nH][nH]c(=O)c2=Cc2cccc([N+](=O)[O-])c2)C(=O)c2ccccc21. The molecule has 0 spiro atoms. The van der Waals surface area contributed by atoms with E-state index in [1.54, 1.807) is 37.4 Å². The number of nitrogens with zero attached hydrogens (tertiary/aromatic N) is 2. The number of non-ortho nitro benzene ring substituents is 1. The van der Waals surface area contributed by atoms with Crippen LogP contribution in [-0.4, -0.2) is 33.9 Å². The van der Waals surface area contributed by atoms with Crippen LogP contribution in [0.1, 0.15) is 15.9 Å². The summed E-state index contributed by atoms with van der Waals surface area (Å²) in [4.78, 5) is 50.0. The van der Waals surface area contributed by atoms with Crippen LogP contribution in [0.5, 0.6) is 0 Å². The molecule has 0 fully saturated rings. The Labute approximate surface area is 162 Å². The molecule has 1 aliphatic heterocycles. The molecule has 4 rings (SSSR count). The minimum absolute atomic E-state index is 0.0370. The van der Waals surface area contributed by atoms with Crippen molar-refractivity contribution in [3.63, 3.8) is 0 Å². The topological polar surface area (TPSA) is 129 Å². The molecular formula is C20H14N4O5. The summed E-state index contributed by atoms with van der Waals surface area (Å²) < 4.78 is 0. The van der Waals surface area contributed by atoms with Crippen molar-refractivity contribution in [2.75, 3.05) is 11.9 Å². The van der Waals surface area contributed by atoms with Crippen LogP contribution in [0.25, 0.3) is 11.6 Å². The Morgan fingerprint density at radius 3 is 2.55 bits per heavy atom. The van der Waals surface area contributed by atoms with Crippen molar-refractivity contribution in [2.24, 2.45) is 0 Å². The number of anilines is 1. The van der Waals surface area contributed by atoms with Gasteiger partial charge in [-0.25, -0.2) is 0 Å². The molecule has 0 aliphatic carbocycles. The van der Waals surface area contributed by atoms with Crippen molar-refractivity contribution in [1.82, 2.24) is 10.2 Å². The quantitative estimate of drug-likeness (QED) is 0.485. The minimum Gasteiger partial charge on any atom is -0.310 e. The van der Waals surface area contributed by atoms with E-state index in [0.717, 1.165) is 0 Å². The maximum Gasteiger partial charge on any atom is 0.271 e. The number of nitro benzene ring substituents is 1. The van der Waals surface area contributed by atoms with Crippen LogP contribution in [0.3, 0.4) is 0 Å². The normalized spacial score (nSPS) is 16.2. The van der Waals surface area contributed by atoms with Gasteiger partial charge in [-0.15, -0.1) is 0 Å². The lowest BCUT2D eigenvalue weighted by molar-refractivity contribution is -0.384. The number of nitrogens with one attached hydrogen (secondary N) is 2. The average Bonchev–Trinajstić information content (AvgIpc) is 3.07. The molecule has 0 saturated carbocycles. The molecule has 0 saturated heterocycles. The van der Waals surface area contributed by atoms with E-state index >= 15 is 0 Å². The molecule has 9 nitrogen and oxygen atoms in total. The fourth-order valence-electron chi connectivity index (χ4n) is 3.28. The fourth-order valence-corrected chi connectivity index (χ4v) is 3.28. The van der Waals surface area contributed by atoms with Crippen molar-refractivity contribution in [3.8, 4) is 0 Å². The Kier molecular flexibility index (Phi) is 4.19.